The Balaban J connectivity index is 0.000000575. The van der Waals surface area contributed by atoms with Crippen molar-refractivity contribution in [2.45, 2.75) is 395 Å². The summed E-state index contributed by atoms with van der Waals surface area (Å²) in [5.74, 6) is 5.20. The number of morpholine rings is 2. The lowest BCUT2D eigenvalue weighted by atomic mass is 9.41. The maximum absolute atomic E-state index is 12.0. The Labute approximate surface area is 623 Å². The molecule has 4 saturated carbocycles. The summed E-state index contributed by atoms with van der Waals surface area (Å²) in [5.41, 5.74) is 0.0854. The molecule has 0 aromatic heterocycles. The number of fused-ring (bicyclic) bond motifs is 2. The molecule has 3 atom stereocenters. The highest BCUT2D eigenvalue weighted by molar-refractivity contribution is 5.70. The Morgan fingerprint density at radius 1 is 0.535 bits per heavy atom. The van der Waals surface area contributed by atoms with Crippen molar-refractivity contribution in [1.29, 1.82) is 0 Å². The molecule has 17 nitrogen and oxygen atoms in total. The van der Waals surface area contributed by atoms with Crippen molar-refractivity contribution in [1.82, 2.24) is 24.5 Å². The van der Waals surface area contributed by atoms with Crippen LogP contribution in [0.25, 0.3) is 0 Å². The number of amides is 3. The quantitative estimate of drug-likeness (QED) is 0.161. The van der Waals surface area contributed by atoms with Crippen molar-refractivity contribution in [3.63, 3.8) is 0 Å². The zero-order valence-electron chi connectivity index (χ0n) is 72.5. The summed E-state index contributed by atoms with van der Waals surface area (Å²) in [6, 6.07) is 1.53. The summed E-state index contributed by atoms with van der Waals surface area (Å²) in [4.78, 5) is 45.1. The van der Waals surface area contributed by atoms with Crippen LogP contribution in [0.5, 0.6) is 0 Å². The third-order valence-electron chi connectivity index (χ3n) is 20.6. The van der Waals surface area contributed by atoms with E-state index in [4.69, 9.17) is 42.6 Å². The zero-order valence-corrected chi connectivity index (χ0v) is 72.5. The number of hydrogen-bond donors (Lipinski definition) is 0. The van der Waals surface area contributed by atoms with E-state index < -0.39 is 16.8 Å². The first kappa shape index (κ1) is 96.5. The molecule has 10 aliphatic rings. The van der Waals surface area contributed by atoms with E-state index in [0.29, 0.717) is 87.7 Å². The number of hydrogen-bond acceptors (Lipinski definition) is 14. The maximum Gasteiger partial charge on any atom is 0.410 e. The minimum atomic E-state index is -0.434. The lowest BCUT2D eigenvalue weighted by molar-refractivity contribution is -0.149. The second-order valence-corrected chi connectivity index (χ2v) is 37.8. The van der Waals surface area contributed by atoms with Crippen LogP contribution in [0.4, 0.5) is 14.4 Å². The SMILES string of the molecule is CC(C)C1(C)CCCCC1.CC(C)C12CC(C1)C2.CC(C)C1CC2CCC(C1)O2.CC(C)C1COCCN1C(=O)OC(C)(C)C.CC(C)N1CCOCC1.CC(C)OC(C)(C)C.CC(C)OC1(C)CN(C(=O)OC(C)(C)C)C1.CC(C)OC1CN(C(=O)OC(C)(C)C)C1.CCN(CC)C(C)C. The van der Waals surface area contributed by atoms with Crippen LogP contribution in [0.15, 0.2) is 0 Å². The monoisotopic (exact) mass is 1440 g/mol. The fourth-order valence-corrected chi connectivity index (χ4v) is 14.4. The number of likely N-dealkylation sites (tertiary alicyclic amines) is 2. The number of carbonyl (C=O) groups is 3. The molecule has 6 saturated heterocycles. The minimum absolute atomic E-state index is 0.0220. The molecule has 10 fully saturated rings. The van der Waals surface area contributed by atoms with Gasteiger partial charge in [-0.15, -0.1) is 0 Å². The average molecular weight is 1440 g/mol. The molecule has 4 bridgehead atoms. The molecule has 0 radical (unpaired) electrons. The van der Waals surface area contributed by atoms with Gasteiger partial charge in [-0.25, -0.2) is 14.4 Å². The second-order valence-electron chi connectivity index (χ2n) is 37.8. The molecular weight excluding hydrogens is 1270 g/mol. The maximum atomic E-state index is 12.0. The molecule has 0 aromatic rings. The normalized spacial score (nSPS) is 24.5. The van der Waals surface area contributed by atoms with E-state index in [0.717, 1.165) is 61.3 Å². The first-order chi connectivity index (χ1) is 46.3. The van der Waals surface area contributed by atoms with Crippen molar-refractivity contribution in [3.8, 4) is 0 Å². The van der Waals surface area contributed by atoms with E-state index in [-0.39, 0.29) is 53.8 Å². The van der Waals surface area contributed by atoms with Gasteiger partial charge in [0.15, 0.2) is 0 Å². The van der Waals surface area contributed by atoms with Crippen LogP contribution in [0.2, 0.25) is 0 Å². The number of nitrogens with zero attached hydrogens (tertiary/aromatic N) is 5. The lowest BCUT2D eigenvalue weighted by Gasteiger charge is -2.64. The molecule has 600 valence electrons. The van der Waals surface area contributed by atoms with Gasteiger partial charge in [-0.05, 0) is 276 Å². The van der Waals surface area contributed by atoms with E-state index in [1.165, 1.54) is 70.9 Å². The van der Waals surface area contributed by atoms with Crippen LogP contribution in [0.3, 0.4) is 0 Å². The molecule has 10 rings (SSSR count). The third kappa shape index (κ3) is 39.8. The largest absolute Gasteiger partial charge is 0.444 e. The standard InChI is InChI=1S/2C12H23NO3.C11H21NO3.C10H18O.C10H20.C8H14.C7H15NO.C7H17N.C7H16O/c1-9(2)15-12(6)7-13(8-12)10(14)16-11(3,4)5;1-9(2)10-8-15-7-6-13(10)11(14)16-12(3,4)5;1-8(2)14-9-6-12(7-9)10(13)15-11(3,4)5;1-7(2)8-5-9-3-4-10(6-8)11-9;1-9(2)10(3)7-5-4-6-8-10;1-6(2)8-3-7(4-8)5-8;1-7(2)8-3-5-9-6-4-8;1-5-8(6-2)7(3)4;1-6(2)8-7(3,4)5/h9H,7-8H2,1-6H3;9-10H,6-8H2,1-5H3;8-9H,6-7H2,1-5H3;7-10H,3-6H2,1-2H3;9H,4-8H2,1-3H3;6-7H,3-5H2,1-2H3;7H,3-6H2,1-2H3;7H,5-6H2,1-4H3;6H,1-5H3. The molecule has 3 unspecified atom stereocenters. The molecule has 6 aliphatic heterocycles. The zero-order chi connectivity index (χ0) is 77.8. The Hall–Kier alpha value is -2.51. The average Bonchev–Trinajstić information content (AvgIpc) is 1.06. The molecule has 0 spiro atoms. The van der Waals surface area contributed by atoms with Crippen molar-refractivity contribution in [2.24, 2.45) is 46.3 Å². The van der Waals surface area contributed by atoms with Crippen LogP contribution < -0.4 is 0 Å². The Kier molecular flexibility index (Phi) is 42.7. The Morgan fingerprint density at radius 2 is 0.990 bits per heavy atom. The molecular formula is C84H167N5O12. The summed E-state index contributed by atoms with van der Waals surface area (Å²) >= 11 is 0. The fourth-order valence-electron chi connectivity index (χ4n) is 14.4. The van der Waals surface area contributed by atoms with Gasteiger partial charge >= 0.3 is 18.3 Å². The van der Waals surface area contributed by atoms with Crippen LogP contribution in [0, 0.1) is 46.3 Å². The van der Waals surface area contributed by atoms with Crippen LogP contribution >= 0.6 is 0 Å². The summed E-state index contributed by atoms with van der Waals surface area (Å²) in [6.07, 6.45) is 18.8. The number of carbonyl (C=O) groups excluding carboxylic acids is 3. The fraction of sp³-hybridized carbons (Fsp3) is 0.964. The summed E-state index contributed by atoms with van der Waals surface area (Å²) in [5, 5.41) is 0. The molecule has 101 heavy (non-hydrogen) atoms. The van der Waals surface area contributed by atoms with Gasteiger partial charge in [0, 0.05) is 31.7 Å². The van der Waals surface area contributed by atoms with Gasteiger partial charge < -0.3 is 62.2 Å². The Bertz CT molecular complexity index is 2190. The van der Waals surface area contributed by atoms with Crippen molar-refractivity contribution >= 4 is 18.3 Å². The lowest BCUT2D eigenvalue weighted by Crippen LogP contribution is -2.64. The van der Waals surface area contributed by atoms with E-state index in [2.05, 4.69) is 134 Å². The van der Waals surface area contributed by atoms with Crippen molar-refractivity contribution in [3.05, 3.63) is 0 Å². The smallest absolute Gasteiger partial charge is 0.410 e. The predicted molar refractivity (Wildman–Crippen MR) is 420 cm³/mol. The molecule has 0 aromatic carbocycles. The summed E-state index contributed by atoms with van der Waals surface area (Å²) in [7, 11) is 0. The van der Waals surface area contributed by atoms with Crippen LogP contribution in [-0.4, -0.2) is 211 Å². The van der Waals surface area contributed by atoms with E-state index in [9.17, 15) is 14.4 Å². The Morgan fingerprint density at radius 3 is 1.29 bits per heavy atom. The van der Waals surface area contributed by atoms with Crippen molar-refractivity contribution < 1.29 is 57.0 Å². The van der Waals surface area contributed by atoms with Gasteiger partial charge in [0.25, 0.3) is 0 Å². The molecule has 3 amide bonds. The number of ether oxygens (including phenoxy) is 9. The summed E-state index contributed by atoms with van der Waals surface area (Å²) < 4.78 is 49.0. The van der Waals surface area contributed by atoms with E-state index in [1.54, 1.807) is 34.0 Å². The topological polar surface area (TPSA) is 150 Å². The van der Waals surface area contributed by atoms with Gasteiger partial charge in [0.1, 0.15) is 22.4 Å². The molecule has 17 heteroatoms. The first-order valence-electron chi connectivity index (χ1n) is 40.5. The van der Waals surface area contributed by atoms with Crippen molar-refractivity contribution in [2.75, 3.05) is 85.3 Å². The van der Waals surface area contributed by atoms with Gasteiger partial charge in [0.2, 0.25) is 0 Å². The van der Waals surface area contributed by atoms with Gasteiger partial charge in [-0.1, -0.05) is 95.4 Å². The van der Waals surface area contributed by atoms with Gasteiger partial charge in [-0.2, -0.15) is 0 Å². The highest BCUT2D eigenvalue weighted by Gasteiger charge is 2.57. The minimum Gasteiger partial charge on any atom is -0.444 e. The molecule has 4 aliphatic carbocycles. The molecule has 0 N–H and O–H groups in total. The molecule has 6 heterocycles. The third-order valence-corrected chi connectivity index (χ3v) is 20.6. The highest BCUT2D eigenvalue weighted by atomic mass is 16.6. The predicted octanol–water partition coefficient (Wildman–Crippen LogP) is 20.1. The summed E-state index contributed by atoms with van der Waals surface area (Å²) in [6.45, 7) is 82.0. The number of rotatable bonds is 13. The van der Waals surface area contributed by atoms with E-state index in [1.807, 2.05) is 111 Å². The first-order valence-corrected chi connectivity index (χ1v) is 40.5. The van der Waals surface area contributed by atoms with Crippen LogP contribution in [-0.2, 0) is 42.6 Å². The second kappa shape index (κ2) is 44.7. The van der Waals surface area contributed by atoms with Gasteiger partial charge in [0.05, 0.1) is 101 Å². The van der Waals surface area contributed by atoms with E-state index >= 15 is 0 Å². The van der Waals surface area contributed by atoms with Crippen LogP contribution in [0.1, 0.15) is 312 Å². The highest BCUT2D eigenvalue weighted by Crippen LogP contribution is 2.68. The van der Waals surface area contributed by atoms with Gasteiger partial charge in [-0.3, -0.25) is 4.90 Å².